The van der Waals surface area contributed by atoms with Gasteiger partial charge in [0.25, 0.3) is 0 Å². The maximum Gasteiger partial charge on any atom is 0.223 e. The van der Waals surface area contributed by atoms with Gasteiger partial charge in [0.1, 0.15) is 0 Å². The lowest BCUT2D eigenvalue weighted by molar-refractivity contribution is -0.132. The Labute approximate surface area is 153 Å². The molecule has 2 rings (SSSR count). The number of amides is 1. The summed E-state index contributed by atoms with van der Waals surface area (Å²) < 4.78 is 0. The molecule has 3 N–H and O–H groups in total. The van der Waals surface area contributed by atoms with Crippen molar-refractivity contribution in [2.45, 2.75) is 52.6 Å². The molecule has 140 valence electrons. The molecule has 1 amide bonds. The lowest BCUT2D eigenvalue weighted by Crippen LogP contribution is -2.51. The standard InChI is InChI=1S/C21H35N3O/c1-16-19(22)12-11-18(21(16,2)3)20(25)23-13-8-14-24(4)15-17-9-6-5-7-10-17/h5-7,9-10,16,18-19H,8,11-15,22H2,1-4H3,(H,23,25). The van der Waals surface area contributed by atoms with Crippen molar-refractivity contribution in [1.82, 2.24) is 10.2 Å². The van der Waals surface area contributed by atoms with Crippen molar-refractivity contribution < 1.29 is 4.79 Å². The van der Waals surface area contributed by atoms with Crippen LogP contribution in [0.5, 0.6) is 0 Å². The van der Waals surface area contributed by atoms with Crippen LogP contribution in [0.3, 0.4) is 0 Å². The number of hydrogen-bond acceptors (Lipinski definition) is 3. The Morgan fingerprint density at radius 3 is 2.64 bits per heavy atom. The van der Waals surface area contributed by atoms with Crippen LogP contribution in [-0.2, 0) is 11.3 Å². The fraction of sp³-hybridized carbons (Fsp3) is 0.667. The topological polar surface area (TPSA) is 58.4 Å². The van der Waals surface area contributed by atoms with Gasteiger partial charge >= 0.3 is 0 Å². The van der Waals surface area contributed by atoms with Gasteiger partial charge in [-0.25, -0.2) is 0 Å². The number of rotatable bonds is 7. The van der Waals surface area contributed by atoms with Gasteiger partial charge in [0, 0.05) is 25.0 Å². The first-order valence-corrected chi connectivity index (χ1v) is 9.58. The van der Waals surface area contributed by atoms with Crippen molar-refractivity contribution in [3.05, 3.63) is 35.9 Å². The van der Waals surface area contributed by atoms with Gasteiger partial charge in [-0.1, -0.05) is 51.1 Å². The average molecular weight is 346 g/mol. The predicted molar refractivity (Wildman–Crippen MR) is 104 cm³/mol. The Balaban J connectivity index is 1.71. The average Bonchev–Trinajstić information content (AvgIpc) is 2.57. The second-order valence-corrected chi connectivity index (χ2v) is 8.27. The minimum Gasteiger partial charge on any atom is -0.356 e. The molecule has 0 aromatic heterocycles. The predicted octanol–water partition coefficient (Wildman–Crippen LogP) is 3.02. The number of carbonyl (C=O) groups excluding carboxylic acids is 1. The van der Waals surface area contributed by atoms with Crippen molar-refractivity contribution >= 4 is 5.91 Å². The van der Waals surface area contributed by atoms with Gasteiger partial charge in [-0.2, -0.15) is 0 Å². The first kappa shape index (κ1) is 19.9. The molecule has 0 heterocycles. The summed E-state index contributed by atoms with van der Waals surface area (Å²) in [6.45, 7) is 9.22. The van der Waals surface area contributed by atoms with Gasteiger partial charge in [-0.15, -0.1) is 0 Å². The minimum atomic E-state index is -0.0359. The first-order valence-electron chi connectivity index (χ1n) is 9.58. The molecule has 3 atom stereocenters. The van der Waals surface area contributed by atoms with Crippen molar-refractivity contribution in [3.63, 3.8) is 0 Å². The van der Waals surface area contributed by atoms with Gasteiger partial charge in [0.2, 0.25) is 5.91 Å². The van der Waals surface area contributed by atoms with Crippen molar-refractivity contribution in [2.24, 2.45) is 23.0 Å². The van der Waals surface area contributed by atoms with E-state index in [0.717, 1.165) is 38.9 Å². The van der Waals surface area contributed by atoms with Gasteiger partial charge < -0.3 is 16.0 Å². The molecule has 1 aliphatic rings. The molecule has 1 fully saturated rings. The SMILES string of the molecule is CC1C(N)CCC(C(=O)NCCCN(C)Cc2ccccc2)C1(C)C. The molecular weight excluding hydrogens is 310 g/mol. The molecule has 1 aliphatic carbocycles. The second kappa shape index (κ2) is 8.81. The molecule has 0 spiro atoms. The fourth-order valence-corrected chi connectivity index (χ4v) is 3.98. The quantitative estimate of drug-likeness (QED) is 0.747. The Morgan fingerprint density at radius 2 is 1.96 bits per heavy atom. The van der Waals surface area contributed by atoms with Crippen LogP contribution in [0.15, 0.2) is 30.3 Å². The molecule has 1 saturated carbocycles. The summed E-state index contributed by atoms with van der Waals surface area (Å²) in [6.07, 6.45) is 2.82. The summed E-state index contributed by atoms with van der Waals surface area (Å²) in [7, 11) is 2.13. The summed E-state index contributed by atoms with van der Waals surface area (Å²) in [5.74, 6) is 0.646. The van der Waals surface area contributed by atoms with Gasteiger partial charge in [0.05, 0.1) is 0 Å². The summed E-state index contributed by atoms with van der Waals surface area (Å²) in [5, 5.41) is 3.16. The lowest BCUT2D eigenvalue weighted by atomic mass is 9.61. The van der Waals surface area contributed by atoms with E-state index in [1.54, 1.807) is 0 Å². The molecular formula is C21H35N3O. The van der Waals surface area contributed by atoms with Crippen LogP contribution in [0, 0.1) is 17.3 Å². The second-order valence-electron chi connectivity index (χ2n) is 8.27. The molecule has 0 radical (unpaired) electrons. The maximum atomic E-state index is 12.6. The third-order valence-corrected chi connectivity index (χ3v) is 6.13. The number of hydrogen-bond donors (Lipinski definition) is 2. The molecule has 0 saturated heterocycles. The Morgan fingerprint density at radius 1 is 1.28 bits per heavy atom. The molecule has 25 heavy (non-hydrogen) atoms. The smallest absolute Gasteiger partial charge is 0.223 e. The van der Waals surface area contributed by atoms with Crippen molar-refractivity contribution in [1.29, 1.82) is 0 Å². The third-order valence-electron chi connectivity index (χ3n) is 6.13. The molecule has 3 unspecified atom stereocenters. The van der Waals surface area contributed by atoms with Gasteiger partial charge in [0.15, 0.2) is 0 Å². The summed E-state index contributed by atoms with van der Waals surface area (Å²) in [5.41, 5.74) is 7.48. The fourth-order valence-electron chi connectivity index (χ4n) is 3.98. The van der Waals surface area contributed by atoms with E-state index >= 15 is 0 Å². The van der Waals surface area contributed by atoms with Crippen LogP contribution in [0.1, 0.15) is 45.6 Å². The zero-order chi connectivity index (χ0) is 18.4. The summed E-state index contributed by atoms with van der Waals surface area (Å²) >= 11 is 0. The molecule has 1 aromatic carbocycles. The number of nitrogens with zero attached hydrogens (tertiary/aromatic N) is 1. The lowest BCUT2D eigenvalue weighted by Gasteiger charge is -2.46. The molecule has 4 heteroatoms. The Bertz CT molecular complexity index is 543. The van der Waals surface area contributed by atoms with Gasteiger partial charge in [-0.3, -0.25) is 4.79 Å². The van der Waals surface area contributed by atoms with E-state index in [9.17, 15) is 4.79 Å². The van der Waals surface area contributed by atoms with E-state index in [2.05, 4.69) is 62.3 Å². The molecule has 1 aromatic rings. The highest BCUT2D eigenvalue weighted by Crippen LogP contribution is 2.44. The number of nitrogens with one attached hydrogen (secondary N) is 1. The van der Waals surface area contributed by atoms with E-state index in [0.29, 0.717) is 5.92 Å². The van der Waals surface area contributed by atoms with Crippen LogP contribution in [0.2, 0.25) is 0 Å². The Hall–Kier alpha value is -1.39. The zero-order valence-corrected chi connectivity index (χ0v) is 16.3. The van der Waals surface area contributed by atoms with E-state index in [4.69, 9.17) is 5.73 Å². The normalized spacial score (nSPS) is 25.8. The highest BCUT2D eigenvalue weighted by molar-refractivity contribution is 5.79. The number of carbonyl (C=O) groups is 1. The summed E-state index contributed by atoms with van der Waals surface area (Å²) in [6, 6.07) is 10.7. The molecule has 0 aliphatic heterocycles. The van der Waals surface area contributed by atoms with Crippen LogP contribution in [0.25, 0.3) is 0 Å². The van der Waals surface area contributed by atoms with E-state index < -0.39 is 0 Å². The van der Waals surface area contributed by atoms with E-state index in [1.807, 2.05) is 6.07 Å². The minimum absolute atomic E-state index is 0.0359. The van der Waals surface area contributed by atoms with E-state index in [-0.39, 0.29) is 23.3 Å². The van der Waals surface area contributed by atoms with Crippen molar-refractivity contribution in [3.8, 4) is 0 Å². The molecule has 0 bridgehead atoms. The summed E-state index contributed by atoms with van der Waals surface area (Å²) in [4.78, 5) is 14.9. The third kappa shape index (κ3) is 5.29. The van der Waals surface area contributed by atoms with Crippen LogP contribution in [0.4, 0.5) is 0 Å². The maximum absolute atomic E-state index is 12.6. The first-order chi connectivity index (χ1) is 11.8. The monoisotopic (exact) mass is 345 g/mol. The number of benzene rings is 1. The van der Waals surface area contributed by atoms with Crippen LogP contribution < -0.4 is 11.1 Å². The highest BCUT2D eigenvalue weighted by atomic mass is 16.1. The zero-order valence-electron chi connectivity index (χ0n) is 16.3. The largest absolute Gasteiger partial charge is 0.356 e. The van der Waals surface area contributed by atoms with Gasteiger partial charge in [-0.05, 0) is 49.8 Å². The van der Waals surface area contributed by atoms with Crippen LogP contribution >= 0.6 is 0 Å². The van der Waals surface area contributed by atoms with Crippen LogP contribution in [-0.4, -0.2) is 37.0 Å². The highest BCUT2D eigenvalue weighted by Gasteiger charge is 2.44. The van der Waals surface area contributed by atoms with Crippen molar-refractivity contribution in [2.75, 3.05) is 20.1 Å². The molecule has 4 nitrogen and oxygen atoms in total. The van der Waals surface area contributed by atoms with E-state index in [1.165, 1.54) is 5.56 Å². The number of nitrogens with two attached hydrogens (primary N) is 1. The Kier molecular flexibility index (Phi) is 7.03.